The molecule has 0 fully saturated rings. The summed E-state index contributed by atoms with van der Waals surface area (Å²) < 4.78 is 0. The summed E-state index contributed by atoms with van der Waals surface area (Å²) in [7, 11) is 0. The third-order valence-corrected chi connectivity index (χ3v) is 4.90. The Bertz CT molecular complexity index is 877. The van der Waals surface area contributed by atoms with Gasteiger partial charge in [-0.2, -0.15) is 0 Å². The number of benzene rings is 3. The van der Waals surface area contributed by atoms with Crippen molar-refractivity contribution in [2.24, 2.45) is 0 Å². The molecule has 0 aromatic heterocycles. The SMILES string of the molecule is O=C(Nc1ccccc1)C1c2ccccc2CCN1Cc1ccccc1. The molecule has 0 saturated heterocycles. The van der Waals surface area contributed by atoms with Crippen LogP contribution in [-0.2, 0) is 17.8 Å². The molecule has 0 bridgehead atoms. The quantitative estimate of drug-likeness (QED) is 0.761. The molecule has 0 aliphatic carbocycles. The van der Waals surface area contributed by atoms with Gasteiger partial charge in [0, 0.05) is 18.8 Å². The molecule has 0 saturated carbocycles. The van der Waals surface area contributed by atoms with Crippen molar-refractivity contribution in [2.45, 2.75) is 19.0 Å². The lowest BCUT2D eigenvalue weighted by Gasteiger charge is -2.36. The van der Waals surface area contributed by atoms with Gasteiger partial charge in [-0.3, -0.25) is 9.69 Å². The van der Waals surface area contributed by atoms with Crippen molar-refractivity contribution in [1.82, 2.24) is 4.90 Å². The number of rotatable bonds is 4. The third-order valence-electron chi connectivity index (χ3n) is 4.90. The Morgan fingerprint density at radius 1 is 0.885 bits per heavy atom. The van der Waals surface area contributed by atoms with Crippen LogP contribution in [0.1, 0.15) is 22.7 Å². The first-order valence-electron chi connectivity index (χ1n) is 9.03. The summed E-state index contributed by atoms with van der Waals surface area (Å²) in [5, 5.41) is 3.09. The smallest absolute Gasteiger partial charge is 0.246 e. The minimum absolute atomic E-state index is 0.0271. The summed E-state index contributed by atoms with van der Waals surface area (Å²) in [6.07, 6.45) is 0.970. The Morgan fingerprint density at radius 3 is 2.31 bits per heavy atom. The molecular weight excluding hydrogens is 320 g/mol. The molecule has 3 nitrogen and oxygen atoms in total. The fourth-order valence-corrected chi connectivity index (χ4v) is 3.65. The molecule has 26 heavy (non-hydrogen) atoms. The molecule has 0 radical (unpaired) electrons. The first kappa shape index (κ1) is 16.6. The van der Waals surface area contributed by atoms with Gasteiger partial charge in [-0.05, 0) is 35.2 Å². The molecule has 1 unspecified atom stereocenters. The molecule has 1 N–H and O–H groups in total. The van der Waals surface area contributed by atoms with E-state index in [4.69, 9.17) is 0 Å². The van der Waals surface area contributed by atoms with Crippen LogP contribution in [0.5, 0.6) is 0 Å². The molecule has 3 heteroatoms. The zero-order valence-electron chi connectivity index (χ0n) is 14.6. The van der Waals surface area contributed by atoms with Gasteiger partial charge in [0.1, 0.15) is 6.04 Å². The minimum Gasteiger partial charge on any atom is -0.324 e. The maximum absolute atomic E-state index is 13.2. The van der Waals surface area contributed by atoms with E-state index in [9.17, 15) is 4.79 Å². The van der Waals surface area contributed by atoms with Crippen molar-refractivity contribution in [1.29, 1.82) is 0 Å². The second kappa shape index (κ2) is 7.54. The van der Waals surface area contributed by atoms with Gasteiger partial charge in [0.2, 0.25) is 5.91 Å². The van der Waals surface area contributed by atoms with Crippen molar-refractivity contribution in [2.75, 3.05) is 11.9 Å². The monoisotopic (exact) mass is 342 g/mol. The number of carbonyl (C=O) groups is 1. The number of nitrogens with zero attached hydrogens (tertiary/aromatic N) is 1. The molecule has 1 aliphatic rings. The van der Waals surface area contributed by atoms with Gasteiger partial charge in [-0.1, -0.05) is 72.8 Å². The van der Waals surface area contributed by atoms with E-state index >= 15 is 0 Å². The van der Waals surface area contributed by atoms with Crippen LogP contribution in [0.4, 0.5) is 5.69 Å². The fourth-order valence-electron chi connectivity index (χ4n) is 3.65. The second-order valence-corrected chi connectivity index (χ2v) is 6.66. The van der Waals surface area contributed by atoms with E-state index in [0.717, 1.165) is 30.8 Å². The van der Waals surface area contributed by atoms with Gasteiger partial charge in [-0.25, -0.2) is 0 Å². The van der Waals surface area contributed by atoms with Crippen molar-refractivity contribution in [3.05, 3.63) is 102 Å². The number of carbonyl (C=O) groups excluding carboxylic acids is 1. The lowest BCUT2D eigenvalue weighted by Crippen LogP contribution is -2.41. The lowest BCUT2D eigenvalue weighted by atomic mass is 9.91. The van der Waals surface area contributed by atoms with E-state index in [2.05, 4.69) is 40.5 Å². The van der Waals surface area contributed by atoms with Crippen molar-refractivity contribution in [3.63, 3.8) is 0 Å². The van der Waals surface area contributed by atoms with Crippen LogP contribution >= 0.6 is 0 Å². The Balaban J connectivity index is 1.64. The Morgan fingerprint density at radius 2 is 1.54 bits per heavy atom. The van der Waals surface area contributed by atoms with Gasteiger partial charge in [0.05, 0.1) is 0 Å². The molecule has 3 aromatic rings. The highest BCUT2D eigenvalue weighted by molar-refractivity contribution is 5.96. The first-order valence-corrected chi connectivity index (χ1v) is 9.03. The van der Waals surface area contributed by atoms with Crippen LogP contribution in [0.3, 0.4) is 0 Å². The molecule has 1 amide bonds. The molecule has 1 heterocycles. The van der Waals surface area contributed by atoms with Crippen LogP contribution in [0.25, 0.3) is 0 Å². The number of fused-ring (bicyclic) bond motifs is 1. The predicted octanol–water partition coefficient (Wildman–Crippen LogP) is 4.42. The van der Waals surface area contributed by atoms with Gasteiger partial charge in [0.15, 0.2) is 0 Å². The third kappa shape index (κ3) is 3.53. The molecule has 130 valence electrons. The topological polar surface area (TPSA) is 32.3 Å². The van der Waals surface area contributed by atoms with Crippen molar-refractivity contribution in [3.8, 4) is 0 Å². The fraction of sp³-hybridized carbons (Fsp3) is 0.174. The number of anilines is 1. The zero-order valence-corrected chi connectivity index (χ0v) is 14.6. The summed E-state index contributed by atoms with van der Waals surface area (Å²) in [5.74, 6) is 0.0271. The summed E-state index contributed by atoms with van der Waals surface area (Å²) in [5.41, 5.74) is 4.44. The molecule has 1 aliphatic heterocycles. The standard InChI is InChI=1S/C23H22N2O/c26-23(24-20-12-5-2-6-13-20)22-21-14-8-7-11-19(21)15-16-25(22)17-18-9-3-1-4-10-18/h1-14,22H,15-17H2,(H,24,26). The number of nitrogens with one attached hydrogen (secondary N) is 1. The van der Waals surface area contributed by atoms with Crippen LogP contribution in [0.2, 0.25) is 0 Å². The van der Waals surface area contributed by atoms with E-state index < -0.39 is 0 Å². The zero-order chi connectivity index (χ0) is 17.8. The average molecular weight is 342 g/mol. The molecule has 3 aromatic carbocycles. The Hall–Kier alpha value is -2.91. The highest BCUT2D eigenvalue weighted by Gasteiger charge is 2.32. The Labute approximate surface area is 154 Å². The molecular formula is C23H22N2O. The number of para-hydroxylation sites is 1. The van der Waals surface area contributed by atoms with Crippen molar-refractivity contribution >= 4 is 11.6 Å². The van der Waals surface area contributed by atoms with Crippen LogP contribution in [0.15, 0.2) is 84.9 Å². The summed E-state index contributed by atoms with van der Waals surface area (Å²) >= 11 is 0. The van der Waals surface area contributed by atoms with Gasteiger partial charge < -0.3 is 5.32 Å². The van der Waals surface area contributed by atoms with Crippen LogP contribution < -0.4 is 5.32 Å². The summed E-state index contributed by atoms with van der Waals surface area (Å²) in [6, 6.07) is 28.0. The van der Waals surface area contributed by atoms with E-state index in [1.807, 2.05) is 54.6 Å². The van der Waals surface area contributed by atoms with Crippen LogP contribution in [0, 0.1) is 0 Å². The van der Waals surface area contributed by atoms with Crippen LogP contribution in [-0.4, -0.2) is 17.4 Å². The Kier molecular flexibility index (Phi) is 4.80. The average Bonchev–Trinajstić information content (AvgIpc) is 2.69. The van der Waals surface area contributed by atoms with E-state index in [1.165, 1.54) is 11.1 Å². The number of amides is 1. The summed E-state index contributed by atoms with van der Waals surface area (Å²) in [6.45, 7) is 1.64. The van der Waals surface area contributed by atoms with Gasteiger partial charge in [-0.15, -0.1) is 0 Å². The van der Waals surface area contributed by atoms with E-state index in [1.54, 1.807) is 0 Å². The normalized spacial score (nSPS) is 16.7. The maximum Gasteiger partial charge on any atom is 0.246 e. The second-order valence-electron chi connectivity index (χ2n) is 6.66. The molecule has 4 rings (SSSR count). The van der Waals surface area contributed by atoms with Gasteiger partial charge in [0.25, 0.3) is 0 Å². The highest BCUT2D eigenvalue weighted by Crippen LogP contribution is 2.32. The summed E-state index contributed by atoms with van der Waals surface area (Å²) in [4.78, 5) is 15.5. The highest BCUT2D eigenvalue weighted by atomic mass is 16.2. The molecule has 1 atom stereocenters. The largest absolute Gasteiger partial charge is 0.324 e. The minimum atomic E-state index is -0.277. The van der Waals surface area contributed by atoms with E-state index in [0.29, 0.717) is 0 Å². The maximum atomic E-state index is 13.2. The first-order chi connectivity index (χ1) is 12.8. The predicted molar refractivity (Wildman–Crippen MR) is 105 cm³/mol. The lowest BCUT2D eigenvalue weighted by molar-refractivity contribution is -0.122. The van der Waals surface area contributed by atoms with Gasteiger partial charge >= 0.3 is 0 Å². The van der Waals surface area contributed by atoms with Crippen molar-refractivity contribution < 1.29 is 4.79 Å². The number of hydrogen-bond donors (Lipinski definition) is 1. The number of hydrogen-bond acceptors (Lipinski definition) is 2. The molecule has 0 spiro atoms. The van der Waals surface area contributed by atoms with E-state index in [-0.39, 0.29) is 11.9 Å².